The van der Waals surface area contributed by atoms with Crippen LogP contribution in [0.2, 0.25) is 0 Å². The van der Waals surface area contributed by atoms with Gasteiger partial charge in [-0.15, -0.1) is 0 Å². The van der Waals surface area contributed by atoms with Crippen LogP contribution >= 0.6 is 0 Å². The fourth-order valence-electron chi connectivity index (χ4n) is 1.68. The summed E-state index contributed by atoms with van der Waals surface area (Å²) < 4.78 is 10.1. The van der Waals surface area contributed by atoms with Gasteiger partial charge in [-0.1, -0.05) is 30.8 Å². The zero-order chi connectivity index (χ0) is 15.9. The lowest BCUT2D eigenvalue weighted by atomic mass is 10.1. The Morgan fingerprint density at radius 2 is 1.55 bits per heavy atom. The van der Waals surface area contributed by atoms with Gasteiger partial charge in [0.1, 0.15) is 24.0 Å². The Balaban J connectivity index is 1.95. The Bertz CT molecular complexity index is 682. The zero-order valence-electron chi connectivity index (χ0n) is 12.2. The molecule has 0 spiro atoms. The summed E-state index contributed by atoms with van der Waals surface area (Å²) in [5.41, 5.74) is 2.32. The van der Waals surface area contributed by atoms with Crippen molar-refractivity contribution in [1.29, 1.82) is 0 Å². The smallest absolute Gasteiger partial charge is 0.338 e. The topological polar surface area (TPSA) is 55.8 Å². The van der Waals surface area contributed by atoms with E-state index in [1.807, 2.05) is 24.3 Å². The van der Waals surface area contributed by atoms with E-state index in [0.717, 1.165) is 11.1 Å². The number of ether oxygens (including phenoxy) is 2. The largest absolute Gasteiger partial charge is 0.508 e. The van der Waals surface area contributed by atoms with E-state index >= 15 is 0 Å². The summed E-state index contributed by atoms with van der Waals surface area (Å²) in [4.78, 5) is 11.1. The Morgan fingerprint density at radius 3 is 2.09 bits per heavy atom. The van der Waals surface area contributed by atoms with E-state index in [1.165, 1.54) is 12.5 Å². The minimum Gasteiger partial charge on any atom is -0.508 e. The molecule has 0 amide bonds. The minimum absolute atomic E-state index is 0.234. The van der Waals surface area contributed by atoms with Gasteiger partial charge in [0.2, 0.25) is 0 Å². The zero-order valence-corrected chi connectivity index (χ0v) is 12.2. The number of phenols is 1. The molecule has 0 bridgehead atoms. The van der Waals surface area contributed by atoms with E-state index in [-0.39, 0.29) is 5.75 Å². The van der Waals surface area contributed by atoms with Gasteiger partial charge in [-0.25, -0.2) is 4.79 Å². The highest BCUT2D eigenvalue weighted by Crippen LogP contribution is 2.24. The molecular weight excluding hydrogens is 280 g/mol. The monoisotopic (exact) mass is 296 g/mol. The molecule has 0 saturated heterocycles. The van der Waals surface area contributed by atoms with Crippen molar-refractivity contribution in [2.45, 2.75) is 6.92 Å². The molecule has 4 nitrogen and oxygen atoms in total. The first-order valence-corrected chi connectivity index (χ1v) is 6.64. The molecule has 0 unspecified atom stereocenters. The van der Waals surface area contributed by atoms with Crippen LogP contribution in [0.1, 0.15) is 6.92 Å². The van der Waals surface area contributed by atoms with Crippen molar-refractivity contribution in [3.05, 3.63) is 73.2 Å². The molecule has 22 heavy (non-hydrogen) atoms. The maximum atomic E-state index is 11.1. The number of hydrogen-bond acceptors (Lipinski definition) is 4. The average Bonchev–Trinajstić information content (AvgIpc) is 2.52. The lowest BCUT2D eigenvalue weighted by Crippen LogP contribution is -1.99. The van der Waals surface area contributed by atoms with Gasteiger partial charge in [0.05, 0.1) is 0 Å². The molecule has 4 heteroatoms. The maximum absolute atomic E-state index is 11.1. The third-order valence-electron chi connectivity index (χ3n) is 2.84. The number of esters is 1. The van der Waals surface area contributed by atoms with Gasteiger partial charge in [-0.2, -0.15) is 0 Å². The molecule has 0 aliphatic carbocycles. The Morgan fingerprint density at radius 1 is 1.00 bits per heavy atom. The van der Waals surface area contributed by atoms with Crippen molar-refractivity contribution in [3.8, 4) is 22.6 Å². The quantitative estimate of drug-likeness (QED) is 0.514. The SMILES string of the molecule is C=C(C)C(=O)O/C=C\Oc1ccc(-c2ccc(O)cc2)cc1. The van der Waals surface area contributed by atoms with E-state index in [4.69, 9.17) is 9.47 Å². The van der Waals surface area contributed by atoms with Crippen molar-refractivity contribution in [3.63, 3.8) is 0 Å². The van der Waals surface area contributed by atoms with Gasteiger partial charge in [0, 0.05) is 5.57 Å². The summed E-state index contributed by atoms with van der Waals surface area (Å²) in [6.07, 6.45) is 2.46. The number of rotatable bonds is 5. The van der Waals surface area contributed by atoms with Crippen LogP contribution in [0.25, 0.3) is 11.1 Å². The molecule has 2 rings (SSSR count). The van der Waals surface area contributed by atoms with Crippen LogP contribution in [-0.4, -0.2) is 11.1 Å². The van der Waals surface area contributed by atoms with Crippen LogP contribution < -0.4 is 4.74 Å². The first kappa shape index (κ1) is 15.4. The summed E-state index contributed by atoms with van der Waals surface area (Å²) in [7, 11) is 0. The van der Waals surface area contributed by atoms with Crippen molar-refractivity contribution >= 4 is 5.97 Å². The molecule has 0 aromatic heterocycles. The molecule has 0 atom stereocenters. The van der Waals surface area contributed by atoms with Gasteiger partial charge in [0.15, 0.2) is 0 Å². The van der Waals surface area contributed by atoms with Gasteiger partial charge in [0.25, 0.3) is 0 Å². The first-order valence-electron chi connectivity index (χ1n) is 6.64. The van der Waals surface area contributed by atoms with Gasteiger partial charge < -0.3 is 14.6 Å². The van der Waals surface area contributed by atoms with E-state index < -0.39 is 5.97 Å². The summed E-state index contributed by atoms with van der Waals surface area (Å²) in [6.45, 7) is 5.04. The molecular formula is C18H16O4. The average molecular weight is 296 g/mol. The predicted octanol–water partition coefficient (Wildman–Crippen LogP) is 4.03. The normalized spacial score (nSPS) is 10.4. The molecule has 0 heterocycles. The number of carbonyl (C=O) groups excluding carboxylic acids is 1. The minimum atomic E-state index is -0.498. The second kappa shape index (κ2) is 7.13. The third kappa shape index (κ3) is 4.24. The summed E-state index contributed by atoms with van der Waals surface area (Å²) in [5, 5.41) is 9.27. The van der Waals surface area contributed by atoms with E-state index in [1.54, 1.807) is 31.2 Å². The van der Waals surface area contributed by atoms with Crippen molar-refractivity contribution in [1.82, 2.24) is 0 Å². The number of hydrogen-bond donors (Lipinski definition) is 1. The molecule has 0 saturated carbocycles. The lowest BCUT2D eigenvalue weighted by molar-refractivity contribution is -0.133. The predicted molar refractivity (Wildman–Crippen MR) is 84.2 cm³/mol. The molecule has 0 fully saturated rings. The van der Waals surface area contributed by atoms with E-state index in [2.05, 4.69) is 6.58 Å². The number of benzene rings is 2. The second-order valence-electron chi connectivity index (χ2n) is 4.65. The standard InChI is InChI=1S/C18H16O4/c1-13(2)18(20)22-12-11-21-17-9-5-15(6-10-17)14-3-7-16(19)8-4-14/h3-12,19H,1H2,2H3/b12-11-. The fourth-order valence-corrected chi connectivity index (χ4v) is 1.68. The van der Waals surface area contributed by atoms with Crippen LogP contribution in [-0.2, 0) is 9.53 Å². The summed E-state index contributed by atoms with van der Waals surface area (Å²) >= 11 is 0. The first-order chi connectivity index (χ1) is 10.6. The molecule has 0 radical (unpaired) electrons. The van der Waals surface area contributed by atoms with Gasteiger partial charge in [-0.3, -0.25) is 0 Å². The molecule has 0 aliphatic rings. The van der Waals surface area contributed by atoms with Crippen LogP contribution in [0.3, 0.4) is 0 Å². The molecule has 112 valence electrons. The van der Waals surface area contributed by atoms with Crippen LogP contribution in [0.4, 0.5) is 0 Å². The van der Waals surface area contributed by atoms with Crippen LogP contribution in [0.15, 0.2) is 73.2 Å². The third-order valence-corrected chi connectivity index (χ3v) is 2.84. The van der Waals surface area contributed by atoms with Gasteiger partial charge in [-0.05, 0) is 42.3 Å². The van der Waals surface area contributed by atoms with E-state index in [9.17, 15) is 9.90 Å². The Labute approximate surface area is 128 Å². The molecule has 1 N–H and O–H groups in total. The second-order valence-corrected chi connectivity index (χ2v) is 4.65. The Hall–Kier alpha value is -3.01. The van der Waals surface area contributed by atoms with E-state index in [0.29, 0.717) is 11.3 Å². The highest BCUT2D eigenvalue weighted by Gasteiger charge is 2.00. The van der Waals surface area contributed by atoms with Crippen LogP contribution in [0, 0.1) is 0 Å². The maximum Gasteiger partial charge on any atom is 0.338 e. The number of carbonyl (C=O) groups is 1. The molecule has 2 aromatic rings. The summed E-state index contributed by atoms with van der Waals surface area (Å²) in [6, 6.07) is 14.3. The highest BCUT2D eigenvalue weighted by molar-refractivity contribution is 5.87. The number of phenolic OH excluding ortho intramolecular Hbond substituents is 1. The molecule has 2 aromatic carbocycles. The number of aromatic hydroxyl groups is 1. The fraction of sp³-hybridized carbons (Fsp3) is 0.0556. The van der Waals surface area contributed by atoms with Crippen LogP contribution in [0.5, 0.6) is 11.5 Å². The Kier molecular flexibility index (Phi) is 4.98. The molecule has 0 aliphatic heterocycles. The van der Waals surface area contributed by atoms with Crippen molar-refractivity contribution in [2.24, 2.45) is 0 Å². The van der Waals surface area contributed by atoms with Crippen molar-refractivity contribution < 1.29 is 19.4 Å². The van der Waals surface area contributed by atoms with Crippen molar-refractivity contribution in [2.75, 3.05) is 0 Å². The summed E-state index contributed by atoms with van der Waals surface area (Å²) in [5.74, 6) is 0.353. The van der Waals surface area contributed by atoms with Gasteiger partial charge >= 0.3 is 5.97 Å². The lowest BCUT2D eigenvalue weighted by Gasteiger charge is -2.04. The highest BCUT2D eigenvalue weighted by atomic mass is 16.5.